The molecule has 1 unspecified atom stereocenters. The maximum atomic E-state index is 12.2. The minimum atomic E-state index is -4.15. The number of carbonyl (C=O) groups excluding carboxylic acids is 1. The lowest BCUT2D eigenvalue weighted by molar-refractivity contribution is -0.143. The summed E-state index contributed by atoms with van der Waals surface area (Å²) in [5.41, 5.74) is 5.41. The zero-order valence-electron chi connectivity index (χ0n) is 12.1. The van der Waals surface area contributed by atoms with E-state index in [1.807, 2.05) is 13.8 Å². The zero-order valence-corrected chi connectivity index (χ0v) is 12.1. The molecule has 0 spiro atoms. The average Bonchev–Trinajstić information content (AvgIpc) is 2.67. The van der Waals surface area contributed by atoms with Gasteiger partial charge in [-0.2, -0.15) is 13.2 Å². The number of likely N-dealkylation sites (tertiary alicyclic amines) is 1. The van der Waals surface area contributed by atoms with Gasteiger partial charge in [0.25, 0.3) is 0 Å². The maximum absolute atomic E-state index is 12.2. The fraction of sp³-hybridized carbons (Fsp3) is 0.923. The van der Waals surface area contributed by atoms with Crippen LogP contribution in [0.4, 0.5) is 13.2 Å². The summed E-state index contributed by atoms with van der Waals surface area (Å²) >= 11 is 0. The van der Waals surface area contributed by atoms with E-state index in [2.05, 4.69) is 5.32 Å². The van der Waals surface area contributed by atoms with Crippen molar-refractivity contribution in [3.05, 3.63) is 0 Å². The van der Waals surface area contributed by atoms with Crippen LogP contribution in [0.25, 0.3) is 0 Å². The van der Waals surface area contributed by atoms with E-state index in [1.54, 1.807) is 0 Å². The van der Waals surface area contributed by atoms with Crippen LogP contribution >= 0.6 is 0 Å². The van der Waals surface area contributed by atoms with Crippen LogP contribution in [0.5, 0.6) is 0 Å². The molecule has 1 atom stereocenters. The first-order valence-electron chi connectivity index (χ1n) is 6.90. The lowest BCUT2D eigenvalue weighted by Gasteiger charge is -2.19. The number of nitrogens with zero attached hydrogens (tertiary/aromatic N) is 1. The van der Waals surface area contributed by atoms with Crippen molar-refractivity contribution in [1.29, 1.82) is 0 Å². The third-order valence-corrected chi connectivity index (χ3v) is 3.36. The SMILES string of the molecule is CC(C)(N)CCC(=O)NCC1CCN(CC(F)(F)F)C1. The summed E-state index contributed by atoms with van der Waals surface area (Å²) in [7, 11) is 0. The van der Waals surface area contributed by atoms with Crippen molar-refractivity contribution < 1.29 is 18.0 Å². The number of hydrogen-bond donors (Lipinski definition) is 2. The van der Waals surface area contributed by atoms with Gasteiger partial charge in [0.2, 0.25) is 5.91 Å². The second-order valence-electron chi connectivity index (χ2n) is 6.30. The standard InChI is InChI=1S/C13H24F3N3O/c1-12(2,17)5-3-11(20)18-7-10-4-6-19(8-10)9-13(14,15)16/h10H,3-9,17H2,1-2H3,(H,18,20). The number of alkyl halides is 3. The normalized spacial score (nSPS) is 21.2. The maximum Gasteiger partial charge on any atom is 0.401 e. The van der Waals surface area contributed by atoms with Crippen LogP contribution in [0.3, 0.4) is 0 Å². The Hall–Kier alpha value is -0.820. The molecule has 0 aromatic carbocycles. The zero-order chi connectivity index (χ0) is 15.4. The van der Waals surface area contributed by atoms with Gasteiger partial charge in [-0.3, -0.25) is 9.69 Å². The quantitative estimate of drug-likeness (QED) is 0.781. The van der Waals surface area contributed by atoms with Gasteiger partial charge in [0.1, 0.15) is 0 Å². The lowest BCUT2D eigenvalue weighted by atomic mass is 10.00. The summed E-state index contributed by atoms with van der Waals surface area (Å²) in [6.07, 6.45) is -2.52. The van der Waals surface area contributed by atoms with E-state index in [9.17, 15) is 18.0 Å². The second kappa shape index (κ2) is 6.76. The summed E-state index contributed by atoms with van der Waals surface area (Å²) in [6, 6.07) is 0. The third kappa shape index (κ3) is 7.69. The Kier molecular flexibility index (Phi) is 5.82. The van der Waals surface area contributed by atoms with Gasteiger partial charge in [-0.05, 0) is 39.2 Å². The van der Waals surface area contributed by atoms with Crippen LogP contribution < -0.4 is 11.1 Å². The van der Waals surface area contributed by atoms with Crippen LogP contribution in [0.1, 0.15) is 33.1 Å². The van der Waals surface area contributed by atoms with Gasteiger partial charge in [-0.15, -0.1) is 0 Å². The molecule has 1 heterocycles. The Morgan fingerprint density at radius 2 is 2.05 bits per heavy atom. The lowest BCUT2D eigenvalue weighted by Crippen LogP contribution is -2.36. The first kappa shape index (κ1) is 17.2. The molecular formula is C13H24F3N3O. The number of amides is 1. The van der Waals surface area contributed by atoms with E-state index < -0.39 is 12.7 Å². The Bertz CT molecular complexity index is 326. The van der Waals surface area contributed by atoms with Crippen molar-refractivity contribution in [2.24, 2.45) is 11.7 Å². The van der Waals surface area contributed by atoms with E-state index in [-0.39, 0.29) is 17.4 Å². The molecule has 3 N–H and O–H groups in total. The molecule has 20 heavy (non-hydrogen) atoms. The predicted molar refractivity (Wildman–Crippen MR) is 71.1 cm³/mol. The largest absolute Gasteiger partial charge is 0.401 e. The minimum absolute atomic E-state index is 0.0854. The van der Waals surface area contributed by atoms with Crippen molar-refractivity contribution in [2.45, 2.75) is 44.8 Å². The molecule has 1 aliphatic heterocycles. The fourth-order valence-corrected chi connectivity index (χ4v) is 2.26. The van der Waals surface area contributed by atoms with Crippen molar-refractivity contribution >= 4 is 5.91 Å². The molecule has 118 valence electrons. The Morgan fingerprint density at radius 1 is 1.40 bits per heavy atom. The van der Waals surface area contributed by atoms with Crippen molar-refractivity contribution in [1.82, 2.24) is 10.2 Å². The molecule has 1 fully saturated rings. The topological polar surface area (TPSA) is 58.4 Å². The van der Waals surface area contributed by atoms with Gasteiger partial charge < -0.3 is 11.1 Å². The molecule has 1 saturated heterocycles. The summed E-state index contributed by atoms with van der Waals surface area (Å²) in [4.78, 5) is 13.0. The monoisotopic (exact) mass is 295 g/mol. The Labute approximate surface area is 117 Å². The first-order chi connectivity index (χ1) is 9.05. The van der Waals surface area contributed by atoms with Crippen molar-refractivity contribution in [2.75, 3.05) is 26.2 Å². The van der Waals surface area contributed by atoms with E-state index in [0.29, 0.717) is 38.9 Å². The number of halogens is 3. The van der Waals surface area contributed by atoms with Crippen LogP contribution in [0.15, 0.2) is 0 Å². The molecule has 4 nitrogen and oxygen atoms in total. The first-order valence-corrected chi connectivity index (χ1v) is 6.90. The Morgan fingerprint density at radius 3 is 2.60 bits per heavy atom. The summed E-state index contributed by atoms with van der Waals surface area (Å²) in [5.74, 6) is 0.0185. The van der Waals surface area contributed by atoms with E-state index in [0.717, 1.165) is 0 Å². The number of rotatable bonds is 6. The minimum Gasteiger partial charge on any atom is -0.356 e. The summed E-state index contributed by atoms with van der Waals surface area (Å²) < 4.78 is 36.7. The molecule has 1 aliphatic rings. The van der Waals surface area contributed by atoms with E-state index in [1.165, 1.54) is 4.90 Å². The number of nitrogens with two attached hydrogens (primary N) is 1. The van der Waals surface area contributed by atoms with Gasteiger partial charge in [0.05, 0.1) is 6.54 Å². The van der Waals surface area contributed by atoms with Gasteiger partial charge in [-0.1, -0.05) is 0 Å². The van der Waals surface area contributed by atoms with Crippen molar-refractivity contribution in [3.63, 3.8) is 0 Å². The highest BCUT2D eigenvalue weighted by Crippen LogP contribution is 2.22. The summed E-state index contributed by atoms with van der Waals surface area (Å²) in [5, 5.41) is 2.78. The van der Waals surface area contributed by atoms with Crippen LogP contribution in [0.2, 0.25) is 0 Å². The van der Waals surface area contributed by atoms with E-state index >= 15 is 0 Å². The molecule has 0 aliphatic carbocycles. The van der Waals surface area contributed by atoms with Gasteiger partial charge in [0.15, 0.2) is 0 Å². The fourth-order valence-electron chi connectivity index (χ4n) is 2.26. The van der Waals surface area contributed by atoms with Gasteiger partial charge in [-0.25, -0.2) is 0 Å². The van der Waals surface area contributed by atoms with Crippen LogP contribution in [-0.2, 0) is 4.79 Å². The number of hydrogen-bond acceptors (Lipinski definition) is 3. The molecule has 0 radical (unpaired) electrons. The molecule has 0 bridgehead atoms. The highest BCUT2D eigenvalue weighted by Gasteiger charge is 2.34. The highest BCUT2D eigenvalue weighted by atomic mass is 19.4. The summed E-state index contributed by atoms with van der Waals surface area (Å²) in [6.45, 7) is 4.12. The molecule has 1 rings (SSSR count). The molecule has 0 aromatic rings. The average molecular weight is 295 g/mol. The highest BCUT2D eigenvalue weighted by molar-refractivity contribution is 5.75. The van der Waals surface area contributed by atoms with Gasteiger partial charge >= 0.3 is 6.18 Å². The second-order valence-corrected chi connectivity index (χ2v) is 6.30. The molecule has 0 saturated carbocycles. The molecule has 0 aromatic heterocycles. The third-order valence-electron chi connectivity index (χ3n) is 3.36. The molecule has 1 amide bonds. The van der Waals surface area contributed by atoms with Crippen LogP contribution in [-0.4, -0.2) is 48.7 Å². The predicted octanol–water partition coefficient (Wildman–Crippen LogP) is 1.50. The number of nitrogens with one attached hydrogen (secondary N) is 1. The molecular weight excluding hydrogens is 271 g/mol. The van der Waals surface area contributed by atoms with E-state index in [4.69, 9.17) is 5.73 Å². The number of carbonyl (C=O) groups is 1. The Balaban J connectivity index is 2.19. The van der Waals surface area contributed by atoms with Crippen molar-refractivity contribution in [3.8, 4) is 0 Å². The van der Waals surface area contributed by atoms with Gasteiger partial charge in [0, 0.05) is 25.0 Å². The van der Waals surface area contributed by atoms with Crippen LogP contribution in [0, 0.1) is 5.92 Å². The molecule has 7 heteroatoms. The smallest absolute Gasteiger partial charge is 0.356 e.